The number of halogens is 1. The largest absolute Gasteiger partial charge is 0.492 e. The summed E-state index contributed by atoms with van der Waals surface area (Å²) in [6.45, 7) is 7.50. The Morgan fingerprint density at radius 1 is 1.20 bits per heavy atom. The van der Waals surface area contributed by atoms with Crippen LogP contribution in [0, 0.1) is 5.92 Å². The number of para-hydroxylation sites is 1. The molecule has 8 heteroatoms. The molecule has 1 saturated heterocycles. The summed E-state index contributed by atoms with van der Waals surface area (Å²) in [6.07, 6.45) is 5.83. The van der Waals surface area contributed by atoms with E-state index in [-0.39, 0.29) is 5.91 Å². The number of rotatable bonds is 9. The minimum Gasteiger partial charge on any atom is -0.492 e. The van der Waals surface area contributed by atoms with Gasteiger partial charge in [-0.3, -0.25) is 9.69 Å². The molecule has 0 bridgehead atoms. The molecule has 0 saturated carbocycles. The number of carbonyl (C=O) groups excluding carboxylic acids is 1. The lowest BCUT2D eigenvalue weighted by atomic mass is 10.1. The summed E-state index contributed by atoms with van der Waals surface area (Å²) in [7, 11) is 0. The number of hydrogen-bond acceptors (Lipinski definition) is 5. The van der Waals surface area contributed by atoms with Crippen LogP contribution in [0.3, 0.4) is 0 Å². The zero-order valence-corrected chi connectivity index (χ0v) is 22.4. The van der Waals surface area contributed by atoms with Crippen LogP contribution in [-0.2, 0) is 4.79 Å². The van der Waals surface area contributed by atoms with Crippen LogP contribution in [0.2, 0.25) is 5.02 Å². The third kappa shape index (κ3) is 5.97. The SMILES string of the molecule is CCCCOc1ccc(-c2nn(-c3ccccc3)cc2/C=C2\SC(=S)N(CC(C)C)C2=O)cc1Cl. The molecule has 1 aliphatic heterocycles. The first-order chi connectivity index (χ1) is 16.9. The van der Waals surface area contributed by atoms with Crippen LogP contribution in [0.5, 0.6) is 5.75 Å². The highest BCUT2D eigenvalue weighted by Gasteiger charge is 2.32. The first-order valence-electron chi connectivity index (χ1n) is 11.7. The maximum Gasteiger partial charge on any atom is 0.266 e. The Morgan fingerprint density at radius 2 is 1.97 bits per heavy atom. The molecule has 1 amide bonds. The van der Waals surface area contributed by atoms with Gasteiger partial charge in [0.05, 0.1) is 22.2 Å². The molecule has 0 unspecified atom stereocenters. The van der Waals surface area contributed by atoms with Crippen LogP contribution < -0.4 is 4.74 Å². The highest BCUT2D eigenvalue weighted by Crippen LogP contribution is 2.37. The molecule has 1 aromatic heterocycles. The van der Waals surface area contributed by atoms with E-state index < -0.39 is 0 Å². The monoisotopic (exact) mass is 525 g/mol. The second kappa shape index (κ2) is 11.4. The summed E-state index contributed by atoms with van der Waals surface area (Å²) in [6, 6.07) is 15.6. The Hall–Kier alpha value is -2.61. The molecular weight excluding hydrogens is 498 g/mol. The van der Waals surface area contributed by atoms with E-state index in [1.54, 1.807) is 4.90 Å². The van der Waals surface area contributed by atoms with Gasteiger partial charge < -0.3 is 4.74 Å². The van der Waals surface area contributed by atoms with Crippen molar-refractivity contribution in [3.05, 3.63) is 70.2 Å². The molecular formula is C27H28ClN3O2S2. The Kier molecular flexibility index (Phi) is 8.31. The van der Waals surface area contributed by atoms with Crippen molar-refractivity contribution in [2.45, 2.75) is 33.6 Å². The van der Waals surface area contributed by atoms with Crippen molar-refractivity contribution < 1.29 is 9.53 Å². The molecule has 0 spiro atoms. The lowest BCUT2D eigenvalue weighted by Gasteiger charge is -2.16. The lowest BCUT2D eigenvalue weighted by Crippen LogP contribution is -2.31. The Bertz CT molecular complexity index is 1250. The quantitative estimate of drug-likeness (QED) is 0.167. The van der Waals surface area contributed by atoms with Gasteiger partial charge in [0, 0.05) is 23.9 Å². The van der Waals surface area contributed by atoms with Gasteiger partial charge in [0.2, 0.25) is 0 Å². The number of hydrogen-bond donors (Lipinski definition) is 0. The number of benzene rings is 2. The smallest absolute Gasteiger partial charge is 0.266 e. The van der Waals surface area contributed by atoms with Gasteiger partial charge in [0.1, 0.15) is 15.8 Å². The number of nitrogens with zero attached hydrogens (tertiary/aromatic N) is 3. The second-order valence-corrected chi connectivity index (χ2v) is 10.8. The van der Waals surface area contributed by atoms with Crippen molar-refractivity contribution in [3.8, 4) is 22.7 Å². The molecule has 2 heterocycles. The van der Waals surface area contributed by atoms with E-state index in [4.69, 9.17) is 33.7 Å². The first-order valence-corrected chi connectivity index (χ1v) is 13.3. The highest BCUT2D eigenvalue weighted by molar-refractivity contribution is 8.26. The number of amides is 1. The van der Waals surface area contributed by atoms with Crippen molar-refractivity contribution in [2.75, 3.05) is 13.2 Å². The van der Waals surface area contributed by atoms with Crippen molar-refractivity contribution in [1.29, 1.82) is 0 Å². The number of ether oxygens (including phenoxy) is 1. The topological polar surface area (TPSA) is 47.4 Å². The van der Waals surface area contributed by atoms with E-state index in [2.05, 4.69) is 20.8 Å². The van der Waals surface area contributed by atoms with Crippen LogP contribution in [-0.4, -0.2) is 38.1 Å². The predicted molar refractivity (Wildman–Crippen MR) is 149 cm³/mol. The van der Waals surface area contributed by atoms with E-state index in [1.165, 1.54) is 11.8 Å². The molecule has 5 nitrogen and oxygen atoms in total. The molecule has 0 atom stereocenters. The Balaban J connectivity index is 1.73. The van der Waals surface area contributed by atoms with Gasteiger partial charge in [0.25, 0.3) is 5.91 Å². The summed E-state index contributed by atoms with van der Waals surface area (Å²) in [4.78, 5) is 15.4. The van der Waals surface area contributed by atoms with Gasteiger partial charge in [-0.05, 0) is 48.7 Å². The van der Waals surface area contributed by atoms with Crippen LogP contribution >= 0.6 is 35.6 Å². The van der Waals surface area contributed by atoms with Gasteiger partial charge >= 0.3 is 0 Å². The molecule has 0 radical (unpaired) electrons. The zero-order chi connectivity index (χ0) is 24.9. The third-order valence-corrected chi connectivity index (χ3v) is 7.11. The maximum atomic E-state index is 13.1. The third-order valence-electron chi connectivity index (χ3n) is 5.43. The molecule has 4 rings (SSSR count). The first kappa shape index (κ1) is 25.5. The van der Waals surface area contributed by atoms with E-state index in [9.17, 15) is 4.79 Å². The van der Waals surface area contributed by atoms with Crippen LogP contribution in [0.4, 0.5) is 0 Å². The number of thiocarbonyl (C=S) groups is 1. The van der Waals surface area contributed by atoms with Gasteiger partial charge in [-0.25, -0.2) is 4.68 Å². The minimum atomic E-state index is -0.0650. The second-order valence-electron chi connectivity index (χ2n) is 8.75. The molecule has 1 fully saturated rings. The molecule has 2 aromatic carbocycles. The Morgan fingerprint density at radius 3 is 2.66 bits per heavy atom. The van der Waals surface area contributed by atoms with Crippen molar-refractivity contribution >= 4 is 51.9 Å². The molecule has 1 aliphatic rings. The number of carbonyl (C=O) groups is 1. The Labute approximate surface area is 221 Å². The average Bonchev–Trinajstić information content (AvgIpc) is 3.37. The molecule has 0 N–H and O–H groups in total. The van der Waals surface area contributed by atoms with Crippen molar-refractivity contribution in [3.63, 3.8) is 0 Å². The fourth-order valence-corrected chi connectivity index (χ4v) is 5.19. The van der Waals surface area contributed by atoms with E-state index in [1.807, 2.05) is 65.5 Å². The molecule has 0 aliphatic carbocycles. The lowest BCUT2D eigenvalue weighted by molar-refractivity contribution is -0.122. The van der Waals surface area contributed by atoms with Gasteiger partial charge in [-0.2, -0.15) is 5.10 Å². The fourth-order valence-electron chi connectivity index (χ4n) is 3.69. The van der Waals surface area contributed by atoms with Gasteiger partial charge in [0.15, 0.2) is 0 Å². The summed E-state index contributed by atoms with van der Waals surface area (Å²) < 4.78 is 8.21. The number of thioether (sulfide) groups is 1. The molecule has 35 heavy (non-hydrogen) atoms. The summed E-state index contributed by atoms with van der Waals surface area (Å²) in [5, 5.41) is 5.39. The minimum absolute atomic E-state index is 0.0650. The average molecular weight is 526 g/mol. The summed E-state index contributed by atoms with van der Waals surface area (Å²) in [5.74, 6) is 0.917. The van der Waals surface area contributed by atoms with Crippen molar-refractivity contribution in [1.82, 2.24) is 14.7 Å². The molecule has 3 aromatic rings. The maximum absolute atomic E-state index is 13.1. The number of unbranched alkanes of at least 4 members (excludes halogenated alkanes) is 1. The van der Waals surface area contributed by atoms with E-state index >= 15 is 0 Å². The number of aromatic nitrogens is 2. The molecule has 182 valence electrons. The predicted octanol–water partition coefficient (Wildman–Crippen LogP) is 7.23. The van der Waals surface area contributed by atoms with E-state index in [0.717, 1.165) is 35.3 Å². The highest BCUT2D eigenvalue weighted by atomic mass is 35.5. The summed E-state index contributed by atoms with van der Waals surface area (Å²) >= 11 is 13.4. The standard InChI is InChI=1S/C27H28ClN3O2S2/c1-4-5-13-33-23-12-11-19(14-22(23)28)25-20(17-31(29-25)21-9-7-6-8-10-21)15-24-26(32)30(16-18(2)3)27(34)35-24/h6-12,14-15,17-18H,4-5,13,16H2,1-3H3/b24-15-. The van der Waals surface area contributed by atoms with Gasteiger partial charge in [-0.1, -0.05) is 81.0 Å². The van der Waals surface area contributed by atoms with Crippen LogP contribution in [0.1, 0.15) is 39.2 Å². The van der Waals surface area contributed by atoms with Crippen LogP contribution in [0.25, 0.3) is 23.0 Å². The normalized spacial score (nSPS) is 15.0. The van der Waals surface area contributed by atoms with Crippen LogP contribution in [0.15, 0.2) is 59.6 Å². The van der Waals surface area contributed by atoms with E-state index in [0.29, 0.717) is 39.1 Å². The summed E-state index contributed by atoms with van der Waals surface area (Å²) in [5.41, 5.74) is 3.31. The fraction of sp³-hybridized carbons (Fsp3) is 0.296. The van der Waals surface area contributed by atoms with Crippen molar-refractivity contribution in [2.24, 2.45) is 5.92 Å². The zero-order valence-electron chi connectivity index (χ0n) is 20.0. The van der Waals surface area contributed by atoms with Gasteiger partial charge in [-0.15, -0.1) is 0 Å².